The highest BCUT2D eigenvalue weighted by atomic mass is 16.7. The molecule has 1 atom stereocenters. The first-order chi connectivity index (χ1) is 14.8. The third-order valence-corrected chi connectivity index (χ3v) is 5.35. The molecule has 4 rings (SSSR count). The molecule has 0 saturated carbocycles. The van der Waals surface area contributed by atoms with Crippen LogP contribution in [-0.4, -0.2) is 41.3 Å². The molecule has 2 heterocycles. The Morgan fingerprint density at radius 2 is 1.61 bits per heavy atom. The van der Waals surface area contributed by atoms with E-state index in [1.165, 1.54) is 25.8 Å². The topological polar surface area (TPSA) is 88.5 Å². The molecule has 0 fully saturated rings. The summed E-state index contributed by atoms with van der Waals surface area (Å²) in [4.78, 5) is 37.1. The van der Waals surface area contributed by atoms with Crippen LogP contribution in [0.25, 0.3) is 0 Å². The Kier molecular flexibility index (Phi) is 5.22. The van der Waals surface area contributed by atoms with Crippen LogP contribution in [0.2, 0.25) is 0 Å². The summed E-state index contributed by atoms with van der Waals surface area (Å²) >= 11 is 0. The Bertz CT molecular complexity index is 1090. The van der Waals surface area contributed by atoms with Gasteiger partial charge in [-0.2, -0.15) is 5.10 Å². The number of ether oxygens (including phenoxy) is 2. The van der Waals surface area contributed by atoms with E-state index in [9.17, 15) is 14.4 Å². The molecule has 0 aromatic heterocycles. The van der Waals surface area contributed by atoms with E-state index in [4.69, 9.17) is 14.6 Å². The van der Waals surface area contributed by atoms with Gasteiger partial charge in [0, 0.05) is 31.9 Å². The molecule has 2 aliphatic heterocycles. The van der Waals surface area contributed by atoms with E-state index in [1.807, 2.05) is 19.1 Å². The van der Waals surface area contributed by atoms with Gasteiger partial charge < -0.3 is 9.47 Å². The number of fused-ring (bicyclic) bond motifs is 2. The van der Waals surface area contributed by atoms with E-state index in [2.05, 4.69) is 0 Å². The Balaban J connectivity index is 1.83. The Morgan fingerprint density at radius 1 is 1.00 bits per heavy atom. The molecular formula is C23H23N3O5. The number of benzene rings is 2. The number of nitrogens with zero attached hydrogens (tertiary/aromatic N) is 3. The van der Waals surface area contributed by atoms with Gasteiger partial charge in [0.15, 0.2) is 11.5 Å². The third kappa shape index (κ3) is 3.76. The summed E-state index contributed by atoms with van der Waals surface area (Å²) < 4.78 is 11.1. The summed E-state index contributed by atoms with van der Waals surface area (Å²) in [5, 5.41) is 6.17. The second kappa shape index (κ2) is 7.86. The predicted octanol–water partition coefficient (Wildman–Crippen LogP) is 2.86. The molecular weight excluding hydrogens is 398 g/mol. The van der Waals surface area contributed by atoms with Crippen LogP contribution >= 0.6 is 0 Å². The van der Waals surface area contributed by atoms with Crippen molar-refractivity contribution in [2.24, 2.45) is 5.10 Å². The van der Waals surface area contributed by atoms with Crippen molar-refractivity contribution in [2.45, 2.75) is 40.2 Å². The van der Waals surface area contributed by atoms with Crippen molar-refractivity contribution in [1.29, 1.82) is 0 Å². The number of carbonyl (C=O) groups excluding carboxylic acids is 3. The normalized spacial score (nSPS) is 16.8. The molecule has 2 aromatic rings. The highest BCUT2D eigenvalue weighted by Crippen LogP contribution is 2.37. The summed E-state index contributed by atoms with van der Waals surface area (Å²) in [6, 6.07) is 10.7. The molecule has 8 heteroatoms. The maximum absolute atomic E-state index is 12.3. The Morgan fingerprint density at radius 3 is 2.19 bits per heavy atom. The van der Waals surface area contributed by atoms with Gasteiger partial charge in [-0.1, -0.05) is 12.1 Å². The van der Waals surface area contributed by atoms with Gasteiger partial charge in [-0.3, -0.25) is 19.3 Å². The second-order valence-corrected chi connectivity index (χ2v) is 7.65. The highest BCUT2D eigenvalue weighted by molar-refractivity contribution is 6.16. The minimum atomic E-state index is -0.360. The fraction of sp³-hybridized carbons (Fsp3) is 0.304. The lowest BCUT2D eigenvalue weighted by atomic mass is 9.94. The summed E-state index contributed by atoms with van der Waals surface area (Å²) in [7, 11) is 0. The summed E-state index contributed by atoms with van der Waals surface area (Å²) in [6.45, 7) is 6.29. The number of amides is 3. The van der Waals surface area contributed by atoms with E-state index in [0.717, 1.165) is 21.6 Å². The van der Waals surface area contributed by atoms with Gasteiger partial charge in [0.25, 0.3) is 0 Å². The van der Waals surface area contributed by atoms with Crippen molar-refractivity contribution < 1.29 is 23.9 Å². The predicted molar refractivity (Wildman–Crippen MR) is 114 cm³/mol. The lowest BCUT2D eigenvalue weighted by Gasteiger charge is -2.21. The van der Waals surface area contributed by atoms with Crippen molar-refractivity contribution in [2.75, 3.05) is 11.7 Å². The maximum atomic E-state index is 12.3. The number of imide groups is 1. The minimum Gasteiger partial charge on any atom is -0.454 e. The zero-order valence-electron chi connectivity index (χ0n) is 17.8. The average Bonchev–Trinajstić information content (AvgIpc) is 3.09. The summed E-state index contributed by atoms with van der Waals surface area (Å²) in [6.07, 6.45) is 0.610. The van der Waals surface area contributed by atoms with Crippen LogP contribution in [-0.2, 0) is 20.8 Å². The number of anilines is 1. The Hall–Kier alpha value is -3.68. The summed E-state index contributed by atoms with van der Waals surface area (Å²) in [5.41, 5.74) is 3.67. The van der Waals surface area contributed by atoms with Gasteiger partial charge in [-0.25, -0.2) is 5.01 Å². The molecule has 0 radical (unpaired) electrons. The first-order valence-corrected chi connectivity index (χ1v) is 9.99. The molecule has 31 heavy (non-hydrogen) atoms. The van der Waals surface area contributed by atoms with Crippen molar-refractivity contribution in [3.05, 3.63) is 53.1 Å². The fourth-order valence-electron chi connectivity index (χ4n) is 3.99. The smallest absolute Gasteiger partial charge is 0.239 e. The average molecular weight is 421 g/mol. The van der Waals surface area contributed by atoms with Crippen molar-refractivity contribution in [1.82, 2.24) is 5.01 Å². The second-order valence-electron chi connectivity index (χ2n) is 7.65. The monoisotopic (exact) mass is 421 g/mol. The van der Waals surface area contributed by atoms with Crippen LogP contribution < -0.4 is 14.4 Å². The van der Waals surface area contributed by atoms with E-state index < -0.39 is 0 Å². The fourth-order valence-corrected chi connectivity index (χ4v) is 3.99. The van der Waals surface area contributed by atoms with Crippen LogP contribution in [0.4, 0.5) is 5.69 Å². The summed E-state index contributed by atoms with van der Waals surface area (Å²) in [5.74, 6) is 0.430. The van der Waals surface area contributed by atoms with Gasteiger partial charge in [0.2, 0.25) is 24.5 Å². The molecule has 8 nitrogen and oxygen atoms in total. The maximum Gasteiger partial charge on any atom is 0.239 e. The number of hydrazone groups is 1. The lowest BCUT2D eigenvalue weighted by Crippen LogP contribution is -2.33. The Labute approximate surface area is 180 Å². The van der Waals surface area contributed by atoms with Crippen LogP contribution in [0.5, 0.6) is 11.5 Å². The molecule has 0 bridgehead atoms. The number of rotatable bonds is 2. The number of hydrogen-bond acceptors (Lipinski definition) is 6. The highest BCUT2D eigenvalue weighted by Gasteiger charge is 2.28. The van der Waals surface area contributed by atoms with Crippen LogP contribution in [0, 0.1) is 0 Å². The van der Waals surface area contributed by atoms with Crippen molar-refractivity contribution >= 4 is 29.1 Å². The van der Waals surface area contributed by atoms with Gasteiger partial charge in [0.05, 0.1) is 17.4 Å². The standard InChI is InChI=1S/C23H23N3O5/c1-13-9-18-10-21-22(31-12-30-21)11-20(18)23(24-26(13)16(4)29)17-5-7-19(8-6-17)25(14(2)27)15(3)28/h5-8,10-11,13H,9,12H2,1-4H3. The van der Waals surface area contributed by atoms with Crippen LogP contribution in [0.3, 0.4) is 0 Å². The van der Waals surface area contributed by atoms with E-state index >= 15 is 0 Å². The molecule has 0 saturated heterocycles. The molecule has 0 spiro atoms. The first kappa shape index (κ1) is 20.6. The van der Waals surface area contributed by atoms with Crippen molar-refractivity contribution in [3.8, 4) is 11.5 Å². The van der Waals surface area contributed by atoms with Gasteiger partial charge in [0.1, 0.15) is 0 Å². The first-order valence-electron chi connectivity index (χ1n) is 9.99. The quantitative estimate of drug-likeness (QED) is 0.744. The van der Waals surface area contributed by atoms with E-state index in [0.29, 0.717) is 29.3 Å². The molecule has 2 aliphatic rings. The van der Waals surface area contributed by atoms with Crippen molar-refractivity contribution in [3.63, 3.8) is 0 Å². The zero-order chi connectivity index (χ0) is 22.3. The number of hydrogen-bond donors (Lipinski definition) is 0. The zero-order valence-corrected chi connectivity index (χ0v) is 17.8. The van der Waals surface area contributed by atoms with Gasteiger partial charge in [-0.15, -0.1) is 0 Å². The molecule has 1 unspecified atom stereocenters. The molecule has 0 N–H and O–H groups in total. The van der Waals surface area contributed by atoms with E-state index in [1.54, 1.807) is 24.3 Å². The SMILES string of the molecule is CC(=O)N(C(C)=O)c1ccc(C2=NN(C(C)=O)C(C)Cc3cc4c(cc32)OCO4)cc1. The number of carbonyl (C=O) groups is 3. The lowest BCUT2D eigenvalue weighted by molar-refractivity contribution is -0.130. The molecule has 2 aromatic carbocycles. The molecule has 0 aliphatic carbocycles. The van der Waals surface area contributed by atoms with E-state index in [-0.39, 0.29) is 30.6 Å². The molecule has 3 amide bonds. The molecule has 160 valence electrons. The third-order valence-electron chi connectivity index (χ3n) is 5.35. The minimum absolute atomic E-state index is 0.140. The van der Waals surface area contributed by atoms with Crippen LogP contribution in [0.15, 0.2) is 41.5 Å². The largest absolute Gasteiger partial charge is 0.454 e. The van der Waals surface area contributed by atoms with Gasteiger partial charge >= 0.3 is 0 Å². The van der Waals surface area contributed by atoms with Crippen LogP contribution in [0.1, 0.15) is 44.4 Å². The van der Waals surface area contributed by atoms with Gasteiger partial charge in [-0.05, 0) is 43.2 Å².